The molecule has 1 amide bonds. The summed E-state index contributed by atoms with van der Waals surface area (Å²) in [6, 6.07) is 14.0. The van der Waals surface area contributed by atoms with E-state index in [9.17, 15) is 13.2 Å². The van der Waals surface area contributed by atoms with Gasteiger partial charge in [-0.1, -0.05) is 35.5 Å². The first kappa shape index (κ1) is 14.3. The lowest BCUT2D eigenvalue weighted by atomic mass is 10.1. The van der Waals surface area contributed by atoms with Gasteiger partial charge in [0.2, 0.25) is 10.0 Å². The predicted octanol–water partition coefficient (Wildman–Crippen LogP) is 2.18. The number of aromatic nitrogens is 1. The minimum atomic E-state index is -3.61. The number of nitrogens with zero attached hydrogens (tertiary/aromatic N) is 1. The number of sulfonamides is 1. The first-order chi connectivity index (χ1) is 10.4. The zero-order valence-electron chi connectivity index (χ0n) is 11.6. The SMILES string of the molecule is CS(=O)(=O)NC(=O)c1ccc2noc(-c3ccccc3)c2c1. The van der Waals surface area contributed by atoms with Gasteiger partial charge in [0, 0.05) is 11.1 Å². The highest BCUT2D eigenvalue weighted by Gasteiger charge is 2.15. The van der Waals surface area contributed by atoms with E-state index in [2.05, 4.69) is 5.16 Å². The number of fused-ring (bicyclic) bond motifs is 1. The molecule has 0 radical (unpaired) electrons. The van der Waals surface area contributed by atoms with Gasteiger partial charge in [-0.05, 0) is 18.2 Å². The van der Waals surface area contributed by atoms with Crippen molar-refractivity contribution < 1.29 is 17.7 Å². The summed E-state index contributed by atoms with van der Waals surface area (Å²) >= 11 is 0. The van der Waals surface area contributed by atoms with Crippen LogP contribution >= 0.6 is 0 Å². The Hall–Kier alpha value is -2.67. The first-order valence-corrected chi connectivity index (χ1v) is 8.30. The Balaban J connectivity index is 2.08. The zero-order valence-corrected chi connectivity index (χ0v) is 12.4. The van der Waals surface area contributed by atoms with Gasteiger partial charge in [-0.25, -0.2) is 13.1 Å². The van der Waals surface area contributed by atoms with E-state index in [4.69, 9.17) is 4.52 Å². The monoisotopic (exact) mass is 316 g/mol. The van der Waals surface area contributed by atoms with Crippen molar-refractivity contribution in [1.82, 2.24) is 9.88 Å². The Morgan fingerprint density at radius 1 is 1.14 bits per heavy atom. The van der Waals surface area contributed by atoms with Gasteiger partial charge in [-0.2, -0.15) is 0 Å². The highest BCUT2D eigenvalue weighted by molar-refractivity contribution is 7.89. The molecule has 0 spiro atoms. The van der Waals surface area contributed by atoms with Crippen LogP contribution in [0.3, 0.4) is 0 Å². The van der Waals surface area contributed by atoms with Crippen molar-refractivity contribution in [2.24, 2.45) is 0 Å². The lowest BCUT2D eigenvalue weighted by molar-refractivity contribution is 0.0982. The van der Waals surface area contributed by atoms with Crippen LogP contribution in [0.15, 0.2) is 53.1 Å². The zero-order chi connectivity index (χ0) is 15.7. The topological polar surface area (TPSA) is 89.3 Å². The second-order valence-electron chi connectivity index (χ2n) is 4.81. The molecule has 0 saturated carbocycles. The molecule has 2 aromatic carbocycles. The molecule has 1 N–H and O–H groups in total. The molecular formula is C15H12N2O4S. The number of rotatable bonds is 3. The summed E-state index contributed by atoms with van der Waals surface area (Å²) in [6.07, 6.45) is 0.929. The Morgan fingerprint density at radius 3 is 2.55 bits per heavy atom. The fourth-order valence-electron chi connectivity index (χ4n) is 2.11. The number of nitrogens with one attached hydrogen (secondary N) is 1. The number of carbonyl (C=O) groups is 1. The van der Waals surface area contributed by atoms with Gasteiger partial charge in [-0.3, -0.25) is 4.79 Å². The minimum Gasteiger partial charge on any atom is -0.355 e. The fraction of sp³-hybridized carbons (Fsp3) is 0.0667. The summed E-state index contributed by atoms with van der Waals surface area (Å²) in [4.78, 5) is 11.9. The van der Waals surface area contributed by atoms with E-state index in [0.29, 0.717) is 16.7 Å². The number of amides is 1. The smallest absolute Gasteiger partial charge is 0.264 e. The summed E-state index contributed by atoms with van der Waals surface area (Å²) in [6.45, 7) is 0. The molecule has 0 saturated heterocycles. The van der Waals surface area contributed by atoms with Gasteiger partial charge in [0.05, 0.1) is 11.6 Å². The largest absolute Gasteiger partial charge is 0.355 e. The van der Waals surface area contributed by atoms with Crippen molar-refractivity contribution in [3.63, 3.8) is 0 Å². The summed E-state index contributed by atoms with van der Waals surface area (Å²) < 4.78 is 29.6. The normalized spacial score (nSPS) is 11.5. The molecule has 0 unspecified atom stereocenters. The van der Waals surface area contributed by atoms with E-state index in [1.807, 2.05) is 35.1 Å². The third kappa shape index (κ3) is 2.84. The van der Waals surface area contributed by atoms with Crippen LogP contribution in [-0.2, 0) is 10.0 Å². The molecule has 0 aliphatic heterocycles. The Morgan fingerprint density at radius 2 is 1.86 bits per heavy atom. The summed E-state index contributed by atoms with van der Waals surface area (Å²) in [5, 5.41) is 4.59. The van der Waals surface area contributed by atoms with E-state index in [-0.39, 0.29) is 5.56 Å². The van der Waals surface area contributed by atoms with Crippen molar-refractivity contribution in [1.29, 1.82) is 0 Å². The second-order valence-corrected chi connectivity index (χ2v) is 6.56. The molecule has 3 rings (SSSR count). The van der Waals surface area contributed by atoms with Crippen LogP contribution in [0.2, 0.25) is 0 Å². The van der Waals surface area contributed by atoms with Crippen LogP contribution in [0.4, 0.5) is 0 Å². The standard InChI is InChI=1S/C15H12N2O4S/c1-22(19,20)17-15(18)11-7-8-13-12(9-11)14(21-16-13)10-5-3-2-4-6-10/h2-9H,1H3,(H,17,18). The van der Waals surface area contributed by atoms with Crippen LogP contribution in [0.1, 0.15) is 10.4 Å². The van der Waals surface area contributed by atoms with Gasteiger partial charge in [-0.15, -0.1) is 0 Å². The molecule has 0 atom stereocenters. The number of hydrogen-bond acceptors (Lipinski definition) is 5. The second kappa shape index (κ2) is 5.27. The van der Waals surface area contributed by atoms with Crippen LogP contribution in [0.5, 0.6) is 0 Å². The highest BCUT2D eigenvalue weighted by Crippen LogP contribution is 2.29. The quantitative estimate of drug-likeness (QED) is 0.800. The highest BCUT2D eigenvalue weighted by atomic mass is 32.2. The molecule has 0 bridgehead atoms. The third-order valence-electron chi connectivity index (χ3n) is 3.05. The molecule has 0 fully saturated rings. The van der Waals surface area contributed by atoms with Crippen LogP contribution in [0.25, 0.3) is 22.2 Å². The van der Waals surface area contributed by atoms with Crippen molar-refractivity contribution in [3.05, 3.63) is 54.1 Å². The van der Waals surface area contributed by atoms with E-state index in [0.717, 1.165) is 11.8 Å². The van der Waals surface area contributed by atoms with Gasteiger partial charge in [0.25, 0.3) is 5.91 Å². The van der Waals surface area contributed by atoms with Crippen LogP contribution in [0, 0.1) is 0 Å². The maximum absolute atomic E-state index is 11.9. The molecule has 1 heterocycles. The molecule has 6 nitrogen and oxygen atoms in total. The van der Waals surface area contributed by atoms with E-state index in [1.165, 1.54) is 6.07 Å². The maximum atomic E-state index is 11.9. The van der Waals surface area contributed by atoms with Crippen molar-refractivity contribution in [2.45, 2.75) is 0 Å². The van der Waals surface area contributed by atoms with Gasteiger partial charge in [0.1, 0.15) is 5.52 Å². The molecular weight excluding hydrogens is 304 g/mol. The summed E-state index contributed by atoms with van der Waals surface area (Å²) in [5.41, 5.74) is 1.64. The molecule has 112 valence electrons. The third-order valence-corrected chi connectivity index (χ3v) is 3.61. The number of benzene rings is 2. The Kier molecular flexibility index (Phi) is 3.42. The van der Waals surface area contributed by atoms with Gasteiger partial charge < -0.3 is 4.52 Å². The fourth-order valence-corrected chi connectivity index (χ4v) is 2.56. The van der Waals surface area contributed by atoms with Crippen LogP contribution < -0.4 is 4.72 Å². The van der Waals surface area contributed by atoms with Crippen molar-refractivity contribution in [3.8, 4) is 11.3 Å². The molecule has 1 aromatic heterocycles. The van der Waals surface area contributed by atoms with E-state index < -0.39 is 15.9 Å². The van der Waals surface area contributed by atoms with Crippen molar-refractivity contribution in [2.75, 3.05) is 6.26 Å². The molecule has 7 heteroatoms. The lowest BCUT2D eigenvalue weighted by Gasteiger charge is -2.02. The van der Waals surface area contributed by atoms with Gasteiger partial charge in [0.15, 0.2) is 5.76 Å². The minimum absolute atomic E-state index is 0.221. The number of hydrogen-bond donors (Lipinski definition) is 1. The maximum Gasteiger partial charge on any atom is 0.264 e. The van der Waals surface area contributed by atoms with E-state index >= 15 is 0 Å². The van der Waals surface area contributed by atoms with Crippen molar-refractivity contribution >= 4 is 26.8 Å². The average molecular weight is 316 g/mol. The predicted molar refractivity (Wildman–Crippen MR) is 81.8 cm³/mol. The van der Waals surface area contributed by atoms with E-state index in [1.54, 1.807) is 12.1 Å². The Bertz CT molecular complexity index is 946. The average Bonchev–Trinajstić information content (AvgIpc) is 2.89. The Labute approximate surface area is 126 Å². The summed E-state index contributed by atoms with van der Waals surface area (Å²) in [7, 11) is -3.61. The number of carbonyl (C=O) groups excluding carboxylic acids is 1. The summed E-state index contributed by atoms with van der Waals surface area (Å²) in [5.74, 6) is -0.158. The molecule has 0 aliphatic carbocycles. The van der Waals surface area contributed by atoms with Crippen LogP contribution in [-0.4, -0.2) is 25.7 Å². The molecule has 3 aromatic rings. The lowest BCUT2D eigenvalue weighted by Crippen LogP contribution is -2.29. The molecule has 0 aliphatic rings. The molecule has 22 heavy (non-hydrogen) atoms. The van der Waals surface area contributed by atoms with Gasteiger partial charge >= 0.3 is 0 Å². The first-order valence-electron chi connectivity index (χ1n) is 6.41.